The van der Waals surface area contributed by atoms with Gasteiger partial charge in [0, 0.05) is 0 Å². The van der Waals surface area contributed by atoms with Crippen LogP contribution in [-0.2, 0) is 9.53 Å². The molecular formula is C7H10NO2. The van der Waals surface area contributed by atoms with Crippen molar-refractivity contribution in [2.75, 3.05) is 0 Å². The molecule has 0 bridgehead atoms. The van der Waals surface area contributed by atoms with Crippen molar-refractivity contribution >= 4 is 5.97 Å². The summed E-state index contributed by atoms with van der Waals surface area (Å²) in [6.07, 6.45) is 1.53. The standard InChI is InChI=1S/C7H10NO2/c1-2-3-6-10-7(9)4-5-8/h6H,2-4H2,1H3. The smallest absolute Gasteiger partial charge is 0.320 e. The Morgan fingerprint density at radius 3 is 3.00 bits per heavy atom. The molecule has 55 valence electrons. The number of carbonyl (C=O) groups excluding carboxylic acids is 1. The highest BCUT2D eigenvalue weighted by atomic mass is 16.5. The summed E-state index contributed by atoms with van der Waals surface area (Å²) in [5.74, 6) is -0.476. The Bertz CT molecular complexity index is 137. The molecule has 0 aliphatic heterocycles. The lowest BCUT2D eigenvalue weighted by Gasteiger charge is -1.97. The molecule has 0 N–H and O–H groups in total. The van der Waals surface area contributed by atoms with Gasteiger partial charge in [0.15, 0.2) is 0 Å². The van der Waals surface area contributed by atoms with Gasteiger partial charge in [0.1, 0.15) is 13.0 Å². The van der Waals surface area contributed by atoms with Crippen LogP contribution in [0.25, 0.3) is 0 Å². The van der Waals surface area contributed by atoms with Crippen LogP contribution < -0.4 is 0 Å². The van der Waals surface area contributed by atoms with E-state index in [2.05, 4.69) is 4.74 Å². The van der Waals surface area contributed by atoms with Crippen molar-refractivity contribution in [1.29, 1.82) is 5.26 Å². The van der Waals surface area contributed by atoms with Gasteiger partial charge in [0.05, 0.1) is 6.07 Å². The first-order valence-corrected chi connectivity index (χ1v) is 3.19. The van der Waals surface area contributed by atoms with E-state index in [-0.39, 0.29) is 6.42 Å². The number of rotatable bonds is 4. The third-order valence-electron chi connectivity index (χ3n) is 0.845. The number of nitrogens with zero attached hydrogens (tertiary/aromatic N) is 1. The first kappa shape index (κ1) is 8.96. The molecule has 0 unspecified atom stereocenters. The van der Waals surface area contributed by atoms with Gasteiger partial charge >= 0.3 is 5.97 Å². The lowest BCUT2D eigenvalue weighted by molar-refractivity contribution is -0.139. The van der Waals surface area contributed by atoms with E-state index in [4.69, 9.17) is 5.26 Å². The molecule has 0 aliphatic rings. The normalized spacial score (nSPS) is 8.40. The summed E-state index contributed by atoms with van der Waals surface area (Å²) in [6.45, 7) is 3.41. The van der Waals surface area contributed by atoms with Gasteiger partial charge < -0.3 is 4.74 Å². The Hall–Kier alpha value is -1.04. The van der Waals surface area contributed by atoms with E-state index < -0.39 is 5.97 Å². The molecule has 3 nitrogen and oxygen atoms in total. The zero-order chi connectivity index (χ0) is 7.82. The number of nitriles is 1. The Morgan fingerprint density at radius 2 is 2.50 bits per heavy atom. The molecule has 0 heterocycles. The maximum atomic E-state index is 10.4. The number of ether oxygens (including phenoxy) is 1. The Morgan fingerprint density at radius 1 is 1.80 bits per heavy atom. The molecular weight excluding hydrogens is 130 g/mol. The number of hydrogen-bond acceptors (Lipinski definition) is 3. The highest BCUT2D eigenvalue weighted by Gasteiger charge is 1.99. The molecule has 0 rings (SSSR count). The first-order valence-electron chi connectivity index (χ1n) is 3.19. The van der Waals surface area contributed by atoms with Crippen LogP contribution in [0, 0.1) is 17.9 Å². The molecule has 0 spiro atoms. The summed E-state index contributed by atoms with van der Waals surface area (Å²) in [6, 6.07) is 1.70. The quantitative estimate of drug-likeness (QED) is 0.438. The molecule has 0 amide bonds. The van der Waals surface area contributed by atoms with Crippen molar-refractivity contribution in [2.45, 2.75) is 26.2 Å². The SMILES string of the molecule is CCC[CH]OC(=O)CC#N. The summed E-state index contributed by atoms with van der Waals surface area (Å²) in [4.78, 5) is 10.4. The third-order valence-corrected chi connectivity index (χ3v) is 0.845. The van der Waals surface area contributed by atoms with Gasteiger partial charge in [-0.15, -0.1) is 0 Å². The molecule has 0 atom stereocenters. The topological polar surface area (TPSA) is 50.1 Å². The second-order valence-electron chi connectivity index (χ2n) is 1.78. The number of esters is 1. The number of hydrogen-bond donors (Lipinski definition) is 0. The zero-order valence-electron chi connectivity index (χ0n) is 5.96. The molecule has 0 saturated carbocycles. The lowest BCUT2D eigenvalue weighted by atomic mass is 10.4. The third kappa shape index (κ3) is 5.10. The summed E-state index contributed by atoms with van der Waals surface area (Å²) < 4.78 is 4.54. The zero-order valence-corrected chi connectivity index (χ0v) is 5.96. The predicted molar refractivity (Wildman–Crippen MR) is 35.5 cm³/mol. The summed E-state index contributed by atoms with van der Waals surface area (Å²) >= 11 is 0. The van der Waals surface area contributed by atoms with Crippen LogP contribution in [-0.4, -0.2) is 5.97 Å². The fraction of sp³-hybridized carbons (Fsp3) is 0.571. The van der Waals surface area contributed by atoms with E-state index in [0.29, 0.717) is 0 Å². The minimum atomic E-state index is -0.476. The van der Waals surface area contributed by atoms with Crippen LogP contribution in [0.5, 0.6) is 0 Å². The van der Waals surface area contributed by atoms with E-state index in [1.54, 1.807) is 6.07 Å². The molecule has 10 heavy (non-hydrogen) atoms. The molecule has 0 aliphatic carbocycles. The molecule has 3 heteroatoms. The molecule has 0 aromatic rings. The lowest BCUT2D eigenvalue weighted by Crippen LogP contribution is -1.99. The largest absolute Gasteiger partial charge is 0.458 e. The van der Waals surface area contributed by atoms with E-state index in [9.17, 15) is 4.79 Å². The van der Waals surface area contributed by atoms with Gasteiger partial charge in [-0.1, -0.05) is 13.3 Å². The minimum absolute atomic E-state index is 0.166. The van der Waals surface area contributed by atoms with Crippen LogP contribution in [0.2, 0.25) is 0 Å². The summed E-state index contributed by atoms with van der Waals surface area (Å²) in [7, 11) is 0. The van der Waals surface area contributed by atoms with Gasteiger partial charge in [-0.05, 0) is 6.42 Å². The number of carbonyl (C=O) groups is 1. The van der Waals surface area contributed by atoms with Gasteiger partial charge in [0.2, 0.25) is 0 Å². The van der Waals surface area contributed by atoms with Gasteiger partial charge in [-0.2, -0.15) is 5.26 Å². The van der Waals surface area contributed by atoms with Crippen molar-refractivity contribution in [1.82, 2.24) is 0 Å². The van der Waals surface area contributed by atoms with Crippen molar-refractivity contribution < 1.29 is 9.53 Å². The average molecular weight is 140 g/mol. The van der Waals surface area contributed by atoms with Crippen LogP contribution in [0.15, 0.2) is 0 Å². The average Bonchev–Trinajstić information content (AvgIpc) is 1.89. The first-order chi connectivity index (χ1) is 4.81. The second-order valence-corrected chi connectivity index (χ2v) is 1.78. The minimum Gasteiger partial charge on any atom is -0.458 e. The van der Waals surface area contributed by atoms with Crippen LogP contribution in [0.3, 0.4) is 0 Å². The van der Waals surface area contributed by atoms with Crippen molar-refractivity contribution in [3.8, 4) is 6.07 Å². The van der Waals surface area contributed by atoms with Crippen LogP contribution in [0.1, 0.15) is 26.2 Å². The fourth-order valence-corrected chi connectivity index (χ4v) is 0.376. The number of unbranched alkanes of at least 4 members (excludes halogenated alkanes) is 1. The molecule has 1 radical (unpaired) electrons. The van der Waals surface area contributed by atoms with Crippen LogP contribution >= 0.6 is 0 Å². The monoisotopic (exact) mass is 140 g/mol. The summed E-state index contributed by atoms with van der Waals surface area (Å²) in [5.41, 5.74) is 0. The predicted octanol–water partition coefficient (Wildman–Crippen LogP) is 1.41. The Kier molecular flexibility index (Phi) is 5.45. The maximum Gasteiger partial charge on any atom is 0.320 e. The highest BCUT2D eigenvalue weighted by molar-refractivity contribution is 5.72. The molecule has 0 aromatic heterocycles. The molecule has 0 fully saturated rings. The van der Waals surface area contributed by atoms with E-state index in [0.717, 1.165) is 12.8 Å². The van der Waals surface area contributed by atoms with Gasteiger partial charge in [-0.25, -0.2) is 0 Å². The van der Waals surface area contributed by atoms with Gasteiger partial charge in [-0.3, -0.25) is 4.79 Å². The van der Waals surface area contributed by atoms with E-state index in [1.165, 1.54) is 6.61 Å². The Labute approximate surface area is 60.6 Å². The van der Waals surface area contributed by atoms with E-state index in [1.807, 2.05) is 6.92 Å². The fourth-order valence-electron chi connectivity index (χ4n) is 0.376. The van der Waals surface area contributed by atoms with Crippen molar-refractivity contribution in [3.05, 3.63) is 6.61 Å². The van der Waals surface area contributed by atoms with Crippen molar-refractivity contribution in [3.63, 3.8) is 0 Å². The van der Waals surface area contributed by atoms with E-state index >= 15 is 0 Å². The molecule has 0 saturated heterocycles. The highest BCUT2D eigenvalue weighted by Crippen LogP contribution is 1.95. The summed E-state index contributed by atoms with van der Waals surface area (Å²) in [5, 5.41) is 8.03. The van der Waals surface area contributed by atoms with Crippen LogP contribution in [0.4, 0.5) is 0 Å². The maximum absolute atomic E-state index is 10.4. The second kappa shape index (κ2) is 6.09. The Balaban J connectivity index is 3.15. The van der Waals surface area contributed by atoms with Gasteiger partial charge in [0.25, 0.3) is 0 Å². The molecule has 0 aromatic carbocycles. The van der Waals surface area contributed by atoms with Crippen molar-refractivity contribution in [2.24, 2.45) is 0 Å².